The van der Waals surface area contributed by atoms with Crippen molar-refractivity contribution >= 4 is 11.6 Å². The van der Waals surface area contributed by atoms with Crippen LogP contribution in [0.25, 0.3) is 0 Å². The number of nitrogens with zero attached hydrogens (tertiary/aromatic N) is 1. The van der Waals surface area contributed by atoms with E-state index in [1.165, 1.54) is 23.1 Å². The van der Waals surface area contributed by atoms with Crippen molar-refractivity contribution in [3.63, 3.8) is 0 Å². The van der Waals surface area contributed by atoms with E-state index < -0.39 is 0 Å². The third-order valence-electron chi connectivity index (χ3n) is 4.19. The molecule has 0 spiro atoms. The van der Waals surface area contributed by atoms with Crippen LogP contribution in [0.1, 0.15) is 34.9 Å². The van der Waals surface area contributed by atoms with Crippen LogP contribution >= 0.6 is 11.6 Å². The van der Waals surface area contributed by atoms with Crippen molar-refractivity contribution < 1.29 is 0 Å². The van der Waals surface area contributed by atoms with Gasteiger partial charge in [-0.1, -0.05) is 48.0 Å². The Kier molecular flexibility index (Phi) is 3.82. The molecule has 0 aliphatic heterocycles. The number of fused-ring (bicyclic) bond motifs is 1. The van der Waals surface area contributed by atoms with E-state index >= 15 is 0 Å². The van der Waals surface area contributed by atoms with E-state index in [1.54, 1.807) is 0 Å². The fourth-order valence-electron chi connectivity index (χ4n) is 3.36. The Hall–Kier alpha value is -1.31. The van der Waals surface area contributed by atoms with E-state index in [1.807, 2.05) is 12.1 Å². The molecule has 1 nitrogen and oxygen atoms in total. The summed E-state index contributed by atoms with van der Waals surface area (Å²) >= 11 is 6.01. The number of rotatable bonds is 3. The molecule has 0 radical (unpaired) electrons. The molecule has 0 unspecified atom stereocenters. The van der Waals surface area contributed by atoms with Crippen LogP contribution in [-0.2, 0) is 0 Å². The second-order valence-electron chi connectivity index (χ2n) is 5.93. The minimum absolute atomic E-state index is 0.508. The first-order chi connectivity index (χ1) is 9.65. The second-order valence-corrected chi connectivity index (χ2v) is 6.36. The molecule has 0 N–H and O–H groups in total. The second kappa shape index (κ2) is 5.59. The van der Waals surface area contributed by atoms with Crippen molar-refractivity contribution in [3.8, 4) is 0 Å². The van der Waals surface area contributed by atoms with Crippen LogP contribution < -0.4 is 0 Å². The number of likely N-dealkylation sites (N-methyl/N-ethyl adjacent to an activating group) is 1. The normalized spacial score (nSPS) is 21.2. The first-order valence-electron chi connectivity index (χ1n) is 7.14. The van der Waals surface area contributed by atoms with Crippen molar-refractivity contribution in [1.82, 2.24) is 4.90 Å². The van der Waals surface area contributed by atoms with Crippen LogP contribution in [-0.4, -0.2) is 25.5 Å². The van der Waals surface area contributed by atoms with E-state index in [0.717, 1.165) is 11.6 Å². The molecule has 1 aliphatic carbocycles. The lowest BCUT2D eigenvalue weighted by Gasteiger charge is -2.17. The zero-order valence-electron chi connectivity index (χ0n) is 12.0. The molecular formula is C18H20ClN. The summed E-state index contributed by atoms with van der Waals surface area (Å²) in [5.74, 6) is 1.13. The lowest BCUT2D eigenvalue weighted by molar-refractivity contribution is 0.368. The van der Waals surface area contributed by atoms with Gasteiger partial charge in [-0.2, -0.15) is 0 Å². The van der Waals surface area contributed by atoms with E-state index in [4.69, 9.17) is 11.6 Å². The summed E-state index contributed by atoms with van der Waals surface area (Å²) in [6, 6.07) is 17.2. The minimum Gasteiger partial charge on any atom is -0.309 e. The number of hydrogen-bond acceptors (Lipinski definition) is 1. The maximum absolute atomic E-state index is 6.01. The van der Waals surface area contributed by atoms with Gasteiger partial charge in [0.2, 0.25) is 0 Å². The summed E-state index contributed by atoms with van der Waals surface area (Å²) < 4.78 is 0. The van der Waals surface area contributed by atoms with Gasteiger partial charge < -0.3 is 4.90 Å². The van der Waals surface area contributed by atoms with Crippen LogP contribution in [0, 0.1) is 0 Å². The van der Waals surface area contributed by atoms with Crippen molar-refractivity contribution in [2.75, 3.05) is 20.6 Å². The van der Waals surface area contributed by atoms with Crippen LogP contribution in [0.4, 0.5) is 0 Å². The van der Waals surface area contributed by atoms with Crippen LogP contribution in [0.2, 0.25) is 5.02 Å². The van der Waals surface area contributed by atoms with Gasteiger partial charge >= 0.3 is 0 Å². The molecule has 2 aromatic carbocycles. The molecule has 2 heteroatoms. The molecule has 0 fully saturated rings. The summed E-state index contributed by atoms with van der Waals surface area (Å²) in [6.07, 6.45) is 1.19. The standard InChI is InChI=1S/C18H20ClN/c1-20(2)12-14-11-18(13-7-9-15(19)10-8-13)17-6-4-3-5-16(14)17/h3-10,14,18H,11-12H2,1-2H3/t14-,18+/m1/s1. The Labute approximate surface area is 126 Å². The largest absolute Gasteiger partial charge is 0.309 e. The highest BCUT2D eigenvalue weighted by molar-refractivity contribution is 6.30. The van der Waals surface area contributed by atoms with Crippen molar-refractivity contribution in [2.24, 2.45) is 0 Å². The first-order valence-corrected chi connectivity index (χ1v) is 7.52. The quantitative estimate of drug-likeness (QED) is 0.801. The van der Waals surface area contributed by atoms with Gasteiger partial charge in [-0.15, -0.1) is 0 Å². The summed E-state index contributed by atoms with van der Waals surface area (Å²) in [7, 11) is 4.30. The molecule has 20 heavy (non-hydrogen) atoms. The lowest BCUT2D eigenvalue weighted by atomic mass is 9.93. The topological polar surface area (TPSA) is 3.24 Å². The van der Waals surface area contributed by atoms with Gasteiger partial charge in [-0.25, -0.2) is 0 Å². The third kappa shape index (κ3) is 2.61. The monoisotopic (exact) mass is 285 g/mol. The molecule has 0 heterocycles. The summed E-state index contributed by atoms with van der Waals surface area (Å²) in [6.45, 7) is 1.11. The number of halogens is 1. The van der Waals surface area contributed by atoms with Crippen LogP contribution in [0.15, 0.2) is 48.5 Å². The highest BCUT2D eigenvalue weighted by Crippen LogP contribution is 2.45. The molecule has 0 saturated heterocycles. The van der Waals surface area contributed by atoms with Crippen LogP contribution in [0.5, 0.6) is 0 Å². The molecule has 0 aromatic heterocycles. The maximum Gasteiger partial charge on any atom is 0.0406 e. The van der Waals surface area contributed by atoms with Gasteiger partial charge in [0.15, 0.2) is 0 Å². The van der Waals surface area contributed by atoms with Gasteiger partial charge in [0.05, 0.1) is 0 Å². The van der Waals surface area contributed by atoms with Gasteiger partial charge in [0.1, 0.15) is 0 Å². The molecule has 0 bridgehead atoms. The Morgan fingerprint density at radius 2 is 1.65 bits per heavy atom. The van der Waals surface area contributed by atoms with E-state index in [2.05, 4.69) is 55.4 Å². The molecule has 0 saturated carbocycles. The zero-order valence-corrected chi connectivity index (χ0v) is 12.8. The predicted molar refractivity (Wildman–Crippen MR) is 85.6 cm³/mol. The highest BCUT2D eigenvalue weighted by Gasteiger charge is 2.31. The molecule has 104 valence electrons. The Morgan fingerprint density at radius 1 is 1.00 bits per heavy atom. The molecular weight excluding hydrogens is 266 g/mol. The van der Waals surface area contributed by atoms with Gasteiger partial charge in [-0.05, 0) is 55.3 Å². The molecule has 0 amide bonds. The average molecular weight is 286 g/mol. The summed E-state index contributed by atoms with van der Waals surface area (Å²) in [5.41, 5.74) is 4.38. The average Bonchev–Trinajstić information content (AvgIpc) is 2.78. The summed E-state index contributed by atoms with van der Waals surface area (Å²) in [4.78, 5) is 2.28. The Bertz CT molecular complexity index is 589. The van der Waals surface area contributed by atoms with Crippen molar-refractivity contribution in [1.29, 1.82) is 0 Å². The minimum atomic E-state index is 0.508. The Balaban J connectivity index is 1.96. The maximum atomic E-state index is 6.01. The van der Waals surface area contributed by atoms with Gasteiger partial charge in [0.25, 0.3) is 0 Å². The van der Waals surface area contributed by atoms with E-state index in [9.17, 15) is 0 Å². The molecule has 3 rings (SSSR count). The fraction of sp³-hybridized carbons (Fsp3) is 0.333. The highest BCUT2D eigenvalue weighted by atomic mass is 35.5. The van der Waals surface area contributed by atoms with E-state index in [-0.39, 0.29) is 0 Å². The SMILES string of the molecule is CN(C)C[C@H]1C[C@@H](c2ccc(Cl)cc2)c2ccccc21. The molecule has 1 aliphatic rings. The molecule has 2 aromatic rings. The fourth-order valence-corrected chi connectivity index (χ4v) is 3.49. The third-order valence-corrected chi connectivity index (χ3v) is 4.44. The number of benzene rings is 2. The van der Waals surface area contributed by atoms with Crippen molar-refractivity contribution in [2.45, 2.75) is 18.3 Å². The lowest BCUT2D eigenvalue weighted by Crippen LogP contribution is -2.19. The Morgan fingerprint density at radius 3 is 2.30 bits per heavy atom. The zero-order chi connectivity index (χ0) is 14.1. The van der Waals surface area contributed by atoms with E-state index in [0.29, 0.717) is 11.8 Å². The molecule has 2 atom stereocenters. The summed E-state index contributed by atoms with van der Waals surface area (Å²) in [5, 5.41) is 0.810. The first kappa shape index (κ1) is 13.7. The van der Waals surface area contributed by atoms with Gasteiger partial charge in [-0.3, -0.25) is 0 Å². The van der Waals surface area contributed by atoms with Crippen LogP contribution in [0.3, 0.4) is 0 Å². The smallest absolute Gasteiger partial charge is 0.0406 e. The number of hydrogen-bond donors (Lipinski definition) is 0. The van der Waals surface area contributed by atoms with Gasteiger partial charge in [0, 0.05) is 17.5 Å². The van der Waals surface area contributed by atoms with Crippen molar-refractivity contribution in [3.05, 3.63) is 70.2 Å². The predicted octanol–water partition coefficient (Wildman–Crippen LogP) is 4.52.